The second-order valence-corrected chi connectivity index (χ2v) is 3.44. The average Bonchev–Trinajstić information content (AvgIpc) is 2.37. The van der Waals surface area contributed by atoms with Crippen LogP contribution in [0.4, 0.5) is 28.0 Å². The van der Waals surface area contributed by atoms with Crippen molar-refractivity contribution in [2.75, 3.05) is 19.0 Å². The third-order valence-electron chi connectivity index (χ3n) is 1.95. The first-order chi connectivity index (χ1) is 8.85. The molecule has 0 saturated heterocycles. The molecular weight excluding hydrogens is 270 g/mol. The SMILES string of the molecule is CNC(=O)Nc1ccc(OCC(F)(F)C(F)F)nc1. The molecular formula is C10H11F4N3O2. The summed E-state index contributed by atoms with van der Waals surface area (Å²) in [5.74, 6) is -4.48. The number of carbonyl (C=O) groups is 1. The van der Waals surface area contributed by atoms with Crippen LogP contribution in [-0.4, -0.2) is 37.0 Å². The molecule has 1 rings (SSSR count). The van der Waals surface area contributed by atoms with Gasteiger partial charge in [-0.1, -0.05) is 0 Å². The Kier molecular flexibility index (Phi) is 4.90. The number of pyridine rings is 1. The number of aromatic nitrogens is 1. The highest BCUT2D eigenvalue weighted by Gasteiger charge is 2.41. The summed E-state index contributed by atoms with van der Waals surface area (Å²) in [6.07, 6.45) is -2.66. The van der Waals surface area contributed by atoms with E-state index in [2.05, 4.69) is 20.4 Å². The number of nitrogens with one attached hydrogen (secondary N) is 2. The molecule has 0 aliphatic carbocycles. The van der Waals surface area contributed by atoms with Crippen molar-refractivity contribution in [3.8, 4) is 5.88 Å². The van der Waals surface area contributed by atoms with Gasteiger partial charge in [-0.25, -0.2) is 18.6 Å². The van der Waals surface area contributed by atoms with Gasteiger partial charge in [-0.05, 0) is 6.07 Å². The largest absolute Gasteiger partial charge is 0.471 e. The van der Waals surface area contributed by atoms with Crippen LogP contribution in [-0.2, 0) is 0 Å². The maximum absolute atomic E-state index is 12.6. The fourth-order valence-corrected chi connectivity index (χ4v) is 0.966. The minimum absolute atomic E-state index is 0.247. The maximum Gasteiger partial charge on any atom is 0.340 e. The van der Waals surface area contributed by atoms with Crippen molar-refractivity contribution < 1.29 is 27.1 Å². The molecule has 5 nitrogen and oxygen atoms in total. The molecule has 0 saturated carbocycles. The molecule has 0 aliphatic heterocycles. The summed E-state index contributed by atoms with van der Waals surface area (Å²) in [5.41, 5.74) is 0.298. The molecule has 0 atom stereocenters. The van der Waals surface area contributed by atoms with E-state index in [4.69, 9.17) is 0 Å². The van der Waals surface area contributed by atoms with E-state index in [1.165, 1.54) is 19.2 Å². The van der Waals surface area contributed by atoms with Gasteiger partial charge in [-0.2, -0.15) is 8.78 Å². The first-order valence-electron chi connectivity index (χ1n) is 5.08. The van der Waals surface area contributed by atoms with Crippen molar-refractivity contribution in [3.63, 3.8) is 0 Å². The molecule has 0 radical (unpaired) electrons. The van der Waals surface area contributed by atoms with E-state index in [-0.39, 0.29) is 5.88 Å². The fraction of sp³-hybridized carbons (Fsp3) is 0.400. The van der Waals surface area contributed by atoms with Gasteiger partial charge < -0.3 is 15.4 Å². The number of amides is 2. The van der Waals surface area contributed by atoms with Crippen LogP contribution in [0.5, 0.6) is 5.88 Å². The average molecular weight is 281 g/mol. The number of hydrogen-bond donors (Lipinski definition) is 2. The minimum atomic E-state index is -4.24. The number of alkyl halides is 4. The molecule has 0 bridgehead atoms. The number of anilines is 1. The molecule has 0 aromatic carbocycles. The van der Waals surface area contributed by atoms with Crippen LogP contribution < -0.4 is 15.4 Å². The Morgan fingerprint density at radius 1 is 1.47 bits per heavy atom. The topological polar surface area (TPSA) is 63.2 Å². The van der Waals surface area contributed by atoms with Crippen LogP contribution in [0.15, 0.2) is 18.3 Å². The number of halogens is 4. The molecule has 1 heterocycles. The van der Waals surface area contributed by atoms with Gasteiger partial charge >= 0.3 is 18.4 Å². The summed E-state index contributed by atoms with van der Waals surface area (Å²) in [6.45, 7) is -1.47. The molecule has 2 N–H and O–H groups in total. The maximum atomic E-state index is 12.6. The summed E-state index contributed by atoms with van der Waals surface area (Å²) >= 11 is 0. The van der Waals surface area contributed by atoms with Gasteiger partial charge in [-0.3, -0.25) is 0 Å². The molecule has 0 unspecified atom stereocenters. The summed E-state index contributed by atoms with van der Waals surface area (Å²) in [5, 5.41) is 4.67. The fourth-order valence-electron chi connectivity index (χ4n) is 0.966. The van der Waals surface area contributed by atoms with E-state index in [0.29, 0.717) is 5.69 Å². The number of ether oxygens (including phenoxy) is 1. The normalized spacial score (nSPS) is 11.3. The predicted molar refractivity (Wildman–Crippen MR) is 58.8 cm³/mol. The summed E-state index contributed by atoms with van der Waals surface area (Å²) < 4.78 is 53.3. The third kappa shape index (κ3) is 4.60. The third-order valence-corrected chi connectivity index (χ3v) is 1.95. The Morgan fingerprint density at radius 2 is 2.16 bits per heavy atom. The second-order valence-electron chi connectivity index (χ2n) is 3.44. The molecule has 19 heavy (non-hydrogen) atoms. The minimum Gasteiger partial charge on any atom is -0.471 e. The van der Waals surface area contributed by atoms with Crippen LogP contribution in [0.25, 0.3) is 0 Å². The highest BCUT2D eigenvalue weighted by molar-refractivity contribution is 5.88. The van der Waals surface area contributed by atoms with E-state index in [1.807, 2.05) is 0 Å². The number of carbonyl (C=O) groups excluding carboxylic acids is 1. The van der Waals surface area contributed by atoms with Gasteiger partial charge in [0.2, 0.25) is 5.88 Å². The molecule has 2 amide bonds. The van der Waals surface area contributed by atoms with E-state index in [9.17, 15) is 22.4 Å². The summed E-state index contributed by atoms with van der Waals surface area (Å²) in [6, 6.07) is 2.02. The van der Waals surface area contributed by atoms with Gasteiger partial charge in [0.25, 0.3) is 0 Å². The van der Waals surface area contributed by atoms with E-state index in [1.54, 1.807) is 0 Å². The highest BCUT2D eigenvalue weighted by Crippen LogP contribution is 2.23. The number of urea groups is 1. The zero-order valence-electron chi connectivity index (χ0n) is 9.79. The Labute approximate surface area is 106 Å². The van der Waals surface area contributed by atoms with Gasteiger partial charge in [0.1, 0.15) is 0 Å². The van der Waals surface area contributed by atoms with E-state index >= 15 is 0 Å². The summed E-state index contributed by atoms with van der Waals surface area (Å²) in [4.78, 5) is 14.5. The Balaban J connectivity index is 2.55. The van der Waals surface area contributed by atoms with Gasteiger partial charge in [0, 0.05) is 13.1 Å². The first-order valence-corrected chi connectivity index (χ1v) is 5.08. The van der Waals surface area contributed by atoms with Gasteiger partial charge in [-0.15, -0.1) is 0 Å². The lowest BCUT2D eigenvalue weighted by Gasteiger charge is -2.15. The molecule has 106 valence electrons. The van der Waals surface area contributed by atoms with Crippen LogP contribution >= 0.6 is 0 Å². The molecule has 0 aliphatic rings. The second kappa shape index (κ2) is 6.21. The van der Waals surface area contributed by atoms with Crippen LogP contribution in [0.3, 0.4) is 0 Å². The lowest BCUT2D eigenvalue weighted by Crippen LogP contribution is -2.33. The Hall–Kier alpha value is -2.06. The van der Waals surface area contributed by atoms with Crippen LogP contribution in [0.2, 0.25) is 0 Å². The molecule has 1 aromatic heterocycles. The van der Waals surface area contributed by atoms with Crippen molar-refractivity contribution in [1.82, 2.24) is 10.3 Å². The van der Waals surface area contributed by atoms with Crippen LogP contribution in [0, 0.1) is 0 Å². The van der Waals surface area contributed by atoms with Crippen LogP contribution in [0.1, 0.15) is 0 Å². The molecule has 1 aromatic rings. The lowest BCUT2D eigenvalue weighted by atomic mass is 10.4. The molecule has 0 spiro atoms. The molecule has 9 heteroatoms. The highest BCUT2D eigenvalue weighted by atomic mass is 19.3. The number of rotatable bonds is 5. The van der Waals surface area contributed by atoms with Crippen molar-refractivity contribution in [3.05, 3.63) is 18.3 Å². The standard InChI is InChI=1S/C10H11F4N3O2/c1-15-9(18)17-6-2-3-7(16-4-6)19-5-10(13,14)8(11)12/h2-4,8H,5H2,1H3,(H2,15,17,18). The number of hydrogen-bond acceptors (Lipinski definition) is 3. The quantitative estimate of drug-likeness (QED) is 0.812. The monoisotopic (exact) mass is 281 g/mol. The van der Waals surface area contributed by atoms with Gasteiger partial charge in [0.05, 0.1) is 11.9 Å². The molecule has 0 fully saturated rings. The zero-order valence-corrected chi connectivity index (χ0v) is 9.79. The predicted octanol–water partition coefficient (Wildman–Crippen LogP) is 2.11. The Morgan fingerprint density at radius 3 is 2.63 bits per heavy atom. The van der Waals surface area contributed by atoms with Crippen molar-refractivity contribution in [1.29, 1.82) is 0 Å². The summed E-state index contributed by atoms with van der Waals surface area (Å²) in [7, 11) is 1.41. The van der Waals surface area contributed by atoms with Crippen molar-refractivity contribution in [2.24, 2.45) is 0 Å². The first kappa shape index (κ1) is 15.0. The Bertz CT molecular complexity index is 425. The van der Waals surface area contributed by atoms with Gasteiger partial charge in [0.15, 0.2) is 6.61 Å². The smallest absolute Gasteiger partial charge is 0.340 e. The lowest BCUT2D eigenvalue weighted by molar-refractivity contribution is -0.148. The van der Waals surface area contributed by atoms with E-state index < -0.39 is 25.0 Å². The van der Waals surface area contributed by atoms with Crippen molar-refractivity contribution >= 4 is 11.7 Å². The zero-order chi connectivity index (χ0) is 14.5. The number of nitrogens with zero attached hydrogens (tertiary/aromatic N) is 1. The van der Waals surface area contributed by atoms with E-state index in [0.717, 1.165) is 6.20 Å². The van der Waals surface area contributed by atoms with Crippen molar-refractivity contribution in [2.45, 2.75) is 12.3 Å².